The first-order chi connectivity index (χ1) is 12.4. The van der Waals surface area contributed by atoms with Crippen LogP contribution in [0.4, 0.5) is 0 Å². The third-order valence-electron chi connectivity index (χ3n) is 3.23. The van der Waals surface area contributed by atoms with Gasteiger partial charge in [-0.25, -0.2) is 9.59 Å². The van der Waals surface area contributed by atoms with Gasteiger partial charge in [0.2, 0.25) is 6.29 Å². The number of methoxy groups -OCH3 is 1. The quantitative estimate of drug-likeness (QED) is 0.278. The summed E-state index contributed by atoms with van der Waals surface area (Å²) in [5, 5.41) is 0. The van der Waals surface area contributed by atoms with Crippen LogP contribution >= 0.6 is 0 Å². The predicted octanol–water partition coefficient (Wildman–Crippen LogP) is 0.501. The molecule has 3 atom stereocenters. The molecule has 1 aliphatic heterocycles. The molecule has 10 nitrogen and oxygen atoms in total. The van der Waals surface area contributed by atoms with E-state index in [0.717, 1.165) is 12.2 Å². The summed E-state index contributed by atoms with van der Waals surface area (Å²) in [5.41, 5.74) is 2.41. The number of hydrogen-bond acceptors (Lipinski definition) is 10. The molecule has 0 aromatic carbocycles. The number of esters is 3. The summed E-state index contributed by atoms with van der Waals surface area (Å²) in [4.78, 5) is 50.2. The molecule has 0 saturated carbocycles. The Hall–Kier alpha value is -2.46. The Morgan fingerprint density at radius 2 is 1.65 bits per heavy atom. The van der Waals surface area contributed by atoms with Crippen LogP contribution in [0.3, 0.4) is 0 Å². The zero-order valence-corrected chi connectivity index (χ0v) is 14.9. The number of hydroxylamine groups is 1. The second kappa shape index (κ2) is 11.2. The van der Waals surface area contributed by atoms with Gasteiger partial charge in [0.1, 0.15) is 12.3 Å². The average Bonchev–Trinajstić information content (AvgIpc) is 2.63. The minimum absolute atomic E-state index is 0.101. The van der Waals surface area contributed by atoms with Crippen molar-refractivity contribution in [3.05, 3.63) is 12.2 Å². The van der Waals surface area contributed by atoms with E-state index < -0.39 is 42.5 Å². The number of nitrogens with one attached hydrogen (secondary N) is 1. The first-order valence-corrected chi connectivity index (χ1v) is 8.14. The van der Waals surface area contributed by atoms with Gasteiger partial charge in [0.15, 0.2) is 0 Å². The fraction of sp³-hybridized carbons (Fsp3) is 0.625. The van der Waals surface area contributed by atoms with Gasteiger partial charge in [0, 0.05) is 37.8 Å². The summed E-state index contributed by atoms with van der Waals surface area (Å²) in [7, 11) is 1.17. The Labute approximate surface area is 150 Å². The number of carbonyl (C=O) groups is 4. The lowest BCUT2D eigenvalue weighted by Gasteiger charge is -2.33. The Morgan fingerprint density at radius 1 is 1.00 bits per heavy atom. The van der Waals surface area contributed by atoms with E-state index in [-0.39, 0.29) is 25.7 Å². The summed E-state index contributed by atoms with van der Waals surface area (Å²) >= 11 is 0. The third kappa shape index (κ3) is 8.08. The molecule has 0 radical (unpaired) electrons. The topological polar surface area (TPSA) is 126 Å². The van der Waals surface area contributed by atoms with Crippen molar-refractivity contribution < 1.29 is 43.0 Å². The van der Waals surface area contributed by atoms with Gasteiger partial charge in [0.25, 0.3) is 0 Å². The molecule has 1 N–H and O–H groups in total. The Morgan fingerprint density at radius 3 is 2.27 bits per heavy atom. The maximum absolute atomic E-state index is 11.7. The van der Waals surface area contributed by atoms with E-state index in [2.05, 4.69) is 10.2 Å². The van der Waals surface area contributed by atoms with Crippen molar-refractivity contribution in [1.29, 1.82) is 0 Å². The van der Waals surface area contributed by atoms with Crippen LogP contribution in [-0.2, 0) is 43.0 Å². The van der Waals surface area contributed by atoms with Crippen LogP contribution < -0.4 is 5.48 Å². The van der Waals surface area contributed by atoms with Crippen LogP contribution in [0.2, 0.25) is 0 Å². The summed E-state index contributed by atoms with van der Waals surface area (Å²) in [6, 6.07) is 0. The van der Waals surface area contributed by atoms with E-state index in [9.17, 15) is 19.2 Å². The fourth-order valence-corrected chi connectivity index (χ4v) is 1.94. The minimum Gasteiger partial charge on any atom is -0.466 e. The number of ether oxygens (including phenoxy) is 4. The number of hydrogen-bond donors (Lipinski definition) is 1. The second-order valence-electron chi connectivity index (χ2n) is 5.23. The monoisotopic (exact) mass is 373 g/mol. The summed E-state index contributed by atoms with van der Waals surface area (Å²) in [6.07, 6.45) is -0.0662. The first kappa shape index (κ1) is 21.6. The third-order valence-corrected chi connectivity index (χ3v) is 3.23. The Balaban J connectivity index is 2.67. The smallest absolute Gasteiger partial charge is 0.333 e. The first-order valence-electron chi connectivity index (χ1n) is 8.14. The van der Waals surface area contributed by atoms with Gasteiger partial charge >= 0.3 is 23.9 Å². The molecule has 10 heteroatoms. The zero-order chi connectivity index (χ0) is 19.5. The average molecular weight is 373 g/mol. The highest BCUT2D eigenvalue weighted by molar-refractivity contribution is 5.91. The lowest BCUT2D eigenvalue weighted by atomic mass is 10.1. The molecule has 1 saturated heterocycles. The van der Waals surface area contributed by atoms with Gasteiger partial charge in [-0.15, -0.1) is 5.48 Å². The van der Waals surface area contributed by atoms with Crippen molar-refractivity contribution in [2.24, 2.45) is 0 Å². The number of rotatable bonds is 8. The molecule has 1 rings (SSSR count). The zero-order valence-electron chi connectivity index (χ0n) is 14.9. The molecule has 0 bridgehead atoms. The van der Waals surface area contributed by atoms with E-state index in [4.69, 9.17) is 19.0 Å². The Kier molecular flexibility index (Phi) is 9.31. The normalized spacial score (nSPS) is 22.5. The van der Waals surface area contributed by atoms with E-state index >= 15 is 0 Å². The molecular weight excluding hydrogens is 350 g/mol. The van der Waals surface area contributed by atoms with Crippen molar-refractivity contribution in [3.63, 3.8) is 0 Å². The van der Waals surface area contributed by atoms with Crippen LogP contribution in [-0.4, -0.2) is 49.6 Å². The van der Waals surface area contributed by atoms with Crippen molar-refractivity contribution in [1.82, 2.24) is 5.48 Å². The fourth-order valence-electron chi connectivity index (χ4n) is 1.94. The van der Waals surface area contributed by atoms with Crippen LogP contribution in [0.1, 0.15) is 39.5 Å². The van der Waals surface area contributed by atoms with Crippen LogP contribution in [0.15, 0.2) is 12.2 Å². The molecular formula is C16H23NO9. The molecule has 3 unspecified atom stereocenters. The Bertz CT molecular complexity index is 546. The van der Waals surface area contributed by atoms with Crippen molar-refractivity contribution in [3.8, 4) is 0 Å². The maximum Gasteiger partial charge on any atom is 0.333 e. The predicted molar refractivity (Wildman–Crippen MR) is 84.8 cm³/mol. The lowest BCUT2D eigenvalue weighted by molar-refractivity contribution is -0.241. The molecule has 0 aliphatic carbocycles. The minimum atomic E-state index is -1.06. The highest BCUT2D eigenvalue weighted by Gasteiger charge is 2.34. The van der Waals surface area contributed by atoms with Gasteiger partial charge in [-0.1, -0.05) is 13.8 Å². The van der Waals surface area contributed by atoms with Gasteiger partial charge < -0.3 is 23.8 Å². The summed E-state index contributed by atoms with van der Waals surface area (Å²) in [5.74, 6) is -2.48. The molecule has 1 aliphatic rings. The second-order valence-corrected chi connectivity index (χ2v) is 5.23. The van der Waals surface area contributed by atoms with E-state index in [0.29, 0.717) is 0 Å². The van der Waals surface area contributed by atoms with E-state index in [1.54, 1.807) is 13.8 Å². The van der Waals surface area contributed by atoms with Gasteiger partial charge in [0.05, 0.1) is 7.11 Å². The van der Waals surface area contributed by atoms with Crippen LogP contribution in [0, 0.1) is 0 Å². The summed E-state index contributed by atoms with van der Waals surface area (Å²) in [6.45, 7) is 3.27. The van der Waals surface area contributed by atoms with E-state index in [1.165, 1.54) is 7.11 Å². The SMILES string of the molecule is CCC(=O)ONC1CC(OC(=O)CC)CC(OC(=O)/C=C/C(=O)OC)O1. The molecule has 26 heavy (non-hydrogen) atoms. The molecule has 0 amide bonds. The molecule has 1 fully saturated rings. The molecule has 0 spiro atoms. The summed E-state index contributed by atoms with van der Waals surface area (Å²) < 4.78 is 20.1. The largest absolute Gasteiger partial charge is 0.466 e. The molecule has 146 valence electrons. The van der Waals surface area contributed by atoms with Gasteiger partial charge in [-0.05, 0) is 0 Å². The molecule has 0 aromatic heterocycles. The van der Waals surface area contributed by atoms with Gasteiger partial charge in [-0.2, -0.15) is 0 Å². The van der Waals surface area contributed by atoms with Crippen molar-refractivity contribution >= 4 is 23.9 Å². The van der Waals surface area contributed by atoms with Crippen molar-refractivity contribution in [2.45, 2.75) is 58.2 Å². The lowest BCUT2D eigenvalue weighted by Crippen LogP contribution is -2.46. The highest BCUT2D eigenvalue weighted by Crippen LogP contribution is 2.22. The molecule has 0 aromatic rings. The number of carbonyl (C=O) groups excluding carboxylic acids is 4. The molecule has 1 heterocycles. The van der Waals surface area contributed by atoms with Crippen molar-refractivity contribution in [2.75, 3.05) is 7.11 Å². The van der Waals surface area contributed by atoms with E-state index in [1.807, 2.05) is 0 Å². The van der Waals surface area contributed by atoms with Gasteiger partial charge in [-0.3, -0.25) is 9.59 Å². The van der Waals surface area contributed by atoms with Crippen LogP contribution in [0.5, 0.6) is 0 Å². The van der Waals surface area contributed by atoms with Crippen LogP contribution in [0.25, 0.3) is 0 Å². The highest BCUT2D eigenvalue weighted by atomic mass is 16.8. The standard InChI is InChI=1S/C16H23NO9/c1-4-12(18)23-10-8-11(17-26-13(19)5-2)24-16(9-10)25-15(21)7-6-14(20)22-3/h6-7,10-11,16-17H,4-5,8-9H2,1-3H3/b7-6+. The maximum atomic E-state index is 11.7.